The number of hydrogen-bond acceptors (Lipinski definition) is 6. The van der Waals surface area contributed by atoms with Gasteiger partial charge in [-0.15, -0.1) is 0 Å². The smallest absolute Gasteiger partial charge is 0.326 e. The van der Waals surface area contributed by atoms with Crippen LogP contribution < -0.4 is 5.32 Å². The van der Waals surface area contributed by atoms with Crippen LogP contribution in [0.3, 0.4) is 0 Å². The Labute approximate surface area is 86.9 Å². The number of hydrogen-bond donors (Lipinski definition) is 2. The number of aliphatic hydroxyl groups is 1. The van der Waals surface area contributed by atoms with E-state index in [9.17, 15) is 9.59 Å². The highest BCUT2D eigenvalue weighted by Crippen LogP contribution is 2.09. The van der Waals surface area contributed by atoms with Crippen LogP contribution in [-0.2, 0) is 19.1 Å². The zero-order valence-electron chi connectivity index (χ0n) is 8.14. The standard InChI is InChI=1S/C9H13NO5/c1-2-5-14-7(11)4-3-6-8(12)15-9(13)10-6/h2,6,9-10,13H,1,3-5H2/t6-,9?/m0/s1. The minimum Gasteiger partial charge on any atom is -0.461 e. The molecule has 6 heteroatoms. The molecule has 6 nitrogen and oxygen atoms in total. The van der Waals surface area contributed by atoms with Crippen LogP contribution in [0.4, 0.5) is 0 Å². The number of rotatable bonds is 5. The van der Waals surface area contributed by atoms with Gasteiger partial charge in [0.2, 0.25) is 0 Å². The Hall–Kier alpha value is -1.40. The number of nitrogens with one attached hydrogen (secondary N) is 1. The molecule has 1 heterocycles. The summed E-state index contributed by atoms with van der Waals surface area (Å²) in [5.41, 5.74) is 0. The number of carbonyl (C=O) groups is 2. The van der Waals surface area contributed by atoms with E-state index in [0.717, 1.165) is 0 Å². The Morgan fingerprint density at radius 3 is 3.00 bits per heavy atom. The van der Waals surface area contributed by atoms with Crippen molar-refractivity contribution in [1.82, 2.24) is 5.32 Å². The van der Waals surface area contributed by atoms with Crippen molar-refractivity contribution in [2.45, 2.75) is 25.3 Å². The summed E-state index contributed by atoms with van der Waals surface area (Å²) in [4.78, 5) is 22.0. The molecule has 15 heavy (non-hydrogen) atoms. The largest absolute Gasteiger partial charge is 0.461 e. The van der Waals surface area contributed by atoms with Crippen molar-refractivity contribution in [2.24, 2.45) is 0 Å². The highest BCUT2D eigenvalue weighted by atomic mass is 16.7. The summed E-state index contributed by atoms with van der Waals surface area (Å²) in [6, 6.07) is -0.642. The zero-order chi connectivity index (χ0) is 11.3. The minimum atomic E-state index is -1.27. The van der Waals surface area contributed by atoms with E-state index in [1.54, 1.807) is 0 Å². The quantitative estimate of drug-likeness (QED) is 0.465. The van der Waals surface area contributed by atoms with Gasteiger partial charge in [-0.2, -0.15) is 0 Å². The lowest BCUT2D eigenvalue weighted by Crippen LogP contribution is -2.32. The summed E-state index contributed by atoms with van der Waals surface area (Å²) >= 11 is 0. The number of esters is 2. The molecule has 0 aromatic rings. The van der Waals surface area contributed by atoms with Gasteiger partial charge in [-0.3, -0.25) is 9.59 Å². The first-order valence-electron chi connectivity index (χ1n) is 4.54. The Kier molecular flexibility index (Phi) is 4.26. The molecule has 0 spiro atoms. The molecule has 1 unspecified atom stereocenters. The third kappa shape index (κ3) is 3.69. The first-order chi connectivity index (χ1) is 7.13. The molecule has 1 fully saturated rings. The topological polar surface area (TPSA) is 84.9 Å². The Morgan fingerprint density at radius 1 is 1.73 bits per heavy atom. The van der Waals surface area contributed by atoms with E-state index in [4.69, 9.17) is 9.84 Å². The van der Waals surface area contributed by atoms with Crippen LogP contribution in [-0.4, -0.2) is 36.1 Å². The van der Waals surface area contributed by atoms with E-state index in [-0.39, 0.29) is 19.4 Å². The van der Waals surface area contributed by atoms with Crippen molar-refractivity contribution < 1.29 is 24.2 Å². The second-order valence-corrected chi connectivity index (χ2v) is 3.02. The van der Waals surface area contributed by atoms with Gasteiger partial charge in [0, 0.05) is 6.42 Å². The molecular formula is C9H13NO5. The Bertz CT molecular complexity index is 265. The monoisotopic (exact) mass is 215 g/mol. The molecule has 1 aliphatic rings. The fourth-order valence-electron chi connectivity index (χ4n) is 1.15. The van der Waals surface area contributed by atoms with Crippen LogP contribution in [0.2, 0.25) is 0 Å². The molecule has 0 aromatic heterocycles. The Balaban J connectivity index is 2.22. The summed E-state index contributed by atoms with van der Waals surface area (Å²) < 4.78 is 9.14. The fraction of sp³-hybridized carbons (Fsp3) is 0.556. The number of cyclic esters (lactones) is 1. The summed E-state index contributed by atoms with van der Waals surface area (Å²) in [5, 5.41) is 11.4. The summed E-state index contributed by atoms with van der Waals surface area (Å²) in [6.45, 7) is 3.55. The predicted molar refractivity (Wildman–Crippen MR) is 49.4 cm³/mol. The van der Waals surface area contributed by atoms with Gasteiger partial charge >= 0.3 is 11.9 Å². The molecule has 1 saturated heterocycles. The van der Waals surface area contributed by atoms with Crippen LogP contribution in [0.25, 0.3) is 0 Å². The lowest BCUT2D eigenvalue weighted by Gasteiger charge is -2.05. The first kappa shape index (κ1) is 11.7. The maximum absolute atomic E-state index is 11.0. The molecule has 84 valence electrons. The van der Waals surface area contributed by atoms with E-state index >= 15 is 0 Å². The fourth-order valence-corrected chi connectivity index (χ4v) is 1.15. The van der Waals surface area contributed by atoms with Gasteiger partial charge < -0.3 is 14.6 Å². The van der Waals surface area contributed by atoms with Crippen LogP contribution in [0.1, 0.15) is 12.8 Å². The Morgan fingerprint density at radius 2 is 2.47 bits per heavy atom. The average molecular weight is 215 g/mol. The lowest BCUT2D eigenvalue weighted by atomic mass is 10.2. The molecule has 0 aromatic carbocycles. The zero-order valence-corrected chi connectivity index (χ0v) is 8.14. The van der Waals surface area contributed by atoms with E-state index in [0.29, 0.717) is 0 Å². The number of aliphatic hydroxyl groups excluding tert-OH is 1. The predicted octanol–water partition coefficient (Wildman–Crippen LogP) is -0.713. The molecule has 0 radical (unpaired) electrons. The highest BCUT2D eigenvalue weighted by Gasteiger charge is 2.32. The van der Waals surface area contributed by atoms with E-state index < -0.39 is 24.4 Å². The van der Waals surface area contributed by atoms with Crippen molar-refractivity contribution in [3.8, 4) is 0 Å². The van der Waals surface area contributed by atoms with Gasteiger partial charge in [0.05, 0.1) is 0 Å². The molecule has 0 aliphatic carbocycles. The van der Waals surface area contributed by atoms with Gasteiger partial charge in [-0.1, -0.05) is 12.7 Å². The van der Waals surface area contributed by atoms with Gasteiger partial charge in [0.1, 0.15) is 12.6 Å². The third-order valence-electron chi connectivity index (χ3n) is 1.86. The third-order valence-corrected chi connectivity index (χ3v) is 1.86. The molecular weight excluding hydrogens is 202 g/mol. The summed E-state index contributed by atoms with van der Waals surface area (Å²) in [7, 11) is 0. The normalized spacial score (nSPS) is 24.7. The van der Waals surface area contributed by atoms with Gasteiger partial charge in [-0.25, -0.2) is 5.32 Å². The second kappa shape index (κ2) is 5.47. The molecule has 0 bridgehead atoms. The summed E-state index contributed by atoms with van der Waals surface area (Å²) in [6.07, 6.45) is 0.523. The average Bonchev–Trinajstić information content (AvgIpc) is 2.51. The van der Waals surface area contributed by atoms with Crippen LogP contribution >= 0.6 is 0 Å². The van der Waals surface area contributed by atoms with Crippen molar-refractivity contribution in [3.63, 3.8) is 0 Å². The molecule has 0 amide bonds. The number of ether oxygens (including phenoxy) is 2. The van der Waals surface area contributed by atoms with Gasteiger partial charge in [0.15, 0.2) is 0 Å². The molecule has 1 rings (SSSR count). The molecule has 2 N–H and O–H groups in total. The summed E-state index contributed by atoms with van der Waals surface area (Å²) in [5.74, 6) is -0.968. The van der Waals surface area contributed by atoms with Crippen molar-refractivity contribution in [1.29, 1.82) is 0 Å². The van der Waals surface area contributed by atoms with Crippen LogP contribution in [0.5, 0.6) is 0 Å². The van der Waals surface area contributed by atoms with Crippen molar-refractivity contribution in [2.75, 3.05) is 6.61 Å². The van der Waals surface area contributed by atoms with Crippen molar-refractivity contribution in [3.05, 3.63) is 12.7 Å². The van der Waals surface area contributed by atoms with Crippen LogP contribution in [0.15, 0.2) is 12.7 Å². The van der Waals surface area contributed by atoms with Crippen LogP contribution in [0, 0.1) is 0 Å². The maximum Gasteiger partial charge on any atom is 0.326 e. The first-order valence-corrected chi connectivity index (χ1v) is 4.54. The van der Waals surface area contributed by atoms with E-state index in [2.05, 4.69) is 16.6 Å². The van der Waals surface area contributed by atoms with E-state index in [1.165, 1.54) is 6.08 Å². The van der Waals surface area contributed by atoms with Gasteiger partial charge in [-0.05, 0) is 6.42 Å². The molecule has 2 atom stereocenters. The molecule has 1 aliphatic heterocycles. The lowest BCUT2D eigenvalue weighted by molar-refractivity contribution is -0.155. The highest BCUT2D eigenvalue weighted by molar-refractivity contribution is 5.78. The van der Waals surface area contributed by atoms with E-state index in [1.807, 2.05) is 0 Å². The number of carbonyl (C=O) groups excluding carboxylic acids is 2. The molecule has 0 saturated carbocycles. The second-order valence-electron chi connectivity index (χ2n) is 3.02. The minimum absolute atomic E-state index is 0.0906. The maximum atomic E-state index is 11.0. The SMILES string of the molecule is C=CCOC(=O)CC[C@@H]1NC(O)OC1=O. The van der Waals surface area contributed by atoms with Crippen molar-refractivity contribution >= 4 is 11.9 Å². The van der Waals surface area contributed by atoms with Gasteiger partial charge in [0.25, 0.3) is 6.41 Å².